The number of nitrogens with zero attached hydrogens (tertiary/aromatic N) is 2. The number of amidine groups is 1. The van der Waals surface area contributed by atoms with Crippen molar-refractivity contribution in [3.63, 3.8) is 0 Å². The maximum atomic E-state index is 12.6. The van der Waals surface area contributed by atoms with E-state index >= 15 is 0 Å². The van der Waals surface area contributed by atoms with Crippen LogP contribution in [0, 0.1) is 5.41 Å². The highest BCUT2D eigenvalue weighted by molar-refractivity contribution is 7.91. The predicted octanol–water partition coefficient (Wildman–Crippen LogP) is -0.204. The third-order valence-electron chi connectivity index (χ3n) is 3.85. The zero-order valence-electron chi connectivity index (χ0n) is 11.3. The molecule has 0 aromatic carbocycles. The molecule has 1 fully saturated rings. The van der Waals surface area contributed by atoms with Crippen LogP contribution in [0.5, 0.6) is 0 Å². The van der Waals surface area contributed by atoms with Crippen LogP contribution in [-0.4, -0.2) is 54.9 Å². The summed E-state index contributed by atoms with van der Waals surface area (Å²) in [5.41, 5.74) is 4.62. The molecule has 0 radical (unpaired) electrons. The Hall–Kier alpha value is -1.31. The third-order valence-corrected chi connectivity index (χ3v) is 5.46. The Morgan fingerprint density at radius 2 is 1.79 bits per heavy atom. The van der Waals surface area contributed by atoms with Gasteiger partial charge in [0, 0.05) is 13.1 Å². The molecule has 0 aliphatic carbocycles. The first-order valence-corrected chi connectivity index (χ1v) is 8.13. The molecule has 110 valence electrons. The van der Waals surface area contributed by atoms with Gasteiger partial charge in [-0.25, -0.2) is 8.42 Å². The van der Waals surface area contributed by atoms with Gasteiger partial charge >= 0.3 is 0 Å². The first kappa shape index (κ1) is 15.7. The second kappa shape index (κ2) is 5.77. The van der Waals surface area contributed by atoms with Crippen LogP contribution in [0.3, 0.4) is 0 Å². The normalized spacial score (nSPS) is 20.3. The van der Waals surface area contributed by atoms with Crippen molar-refractivity contribution in [3.05, 3.63) is 0 Å². The lowest BCUT2D eigenvalue weighted by Gasteiger charge is -2.36. The molecule has 0 saturated carbocycles. The summed E-state index contributed by atoms with van der Waals surface area (Å²) in [5, 5.41) is 11.8. The number of oxime groups is 1. The van der Waals surface area contributed by atoms with E-state index in [1.807, 2.05) is 0 Å². The zero-order chi connectivity index (χ0) is 14.7. The van der Waals surface area contributed by atoms with Crippen molar-refractivity contribution >= 4 is 21.6 Å². The fraction of sp³-hybridized carbons (Fsp3) is 0.818. The summed E-state index contributed by atoms with van der Waals surface area (Å²) in [4.78, 5) is 14.0. The molecule has 0 spiro atoms. The van der Waals surface area contributed by atoms with E-state index in [0.717, 1.165) is 0 Å². The van der Waals surface area contributed by atoms with Crippen molar-refractivity contribution < 1.29 is 18.4 Å². The molecule has 1 saturated heterocycles. The highest BCUT2D eigenvalue weighted by Gasteiger charge is 2.43. The monoisotopic (exact) mass is 291 g/mol. The number of rotatable bonds is 4. The fourth-order valence-electron chi connectivity index (χ4n) is 2.34. The second-order valence-electron chi connectivity index (χ2n) is 4.72. The molecule has 1 heterocycles. The molecule has 1 aliphatic rings. The van der Waals surface area contributed by atoms with E-state index in [9.17, 15) is 13.2 Å². The van der Waals surface area contributed by atoms with Gasteiger partial charge in [0.15, 0.2) is 15.7 Å². The molecule has 0 aromatic heterocycles. The SMILES string of the molecule is CCC(CC)(C(=O)N1CCS(=O)(=O)CC1)C(N)=NO. The number of carbonyl (C=O) groups excluding carboxylic acids is 1. The van der Waals surface area contributed by atoms with Gasteiger partial charge in [0.25, 0.3) is 0 Å². The lowest BCUT2D eigenvalue weighted by Crippen LogP contribution is -2.54. The molecule has 1 aliphatic heterocycles. The van der Waals surface area contributed by atoms with Crippen LogP contribution in [0.2, 0.25) is 0 Å². The number of amides is 1. The molecule has 7 nitrogen and oxygen atoms in total. The summed E-state index contributed by atoms with van der Waals surface area (Å²) in [6.07, 6.45) is 0.808. The molecule has 0 aromatic rings. The predicted molar refractivity (Wildman–Crippen MR) is 71.7 cm³/mol. The summed E-state index contributed by atoms with van der Waals surface area (Å²) >= 11 is 0. The van der Waals surface area contributed by atoms with Crippen LogP contribution < -0.4 is 5.73 Å². The first-order valence-electron chi connectivity index (χ1n) is 6.30. The topological polar surface area (TPSA) is 113 Å². The minimum absolute atomic E-state index is 0.0293. The van der Waals surface area contributed by atoms with Gasteiger partial charge in [-0.05, 0) is 12.8 Å². The van der Waals surface area contributed by atoms with Crippen LogP contribution in [0.25, 0.3) is 0 Å². The van der Waals surface area contributed by atoms with E-state index in [1.165, 1.54) is 4.90 Å². The summed E-state index contributed by atoms with van der Waals surface area (Å²) in [6.45, 7) is 3.92. The maximum Gasteiger partial charge on any atom is 0.236 e. The molecule has 1 rings (SSSR count). The number of hydrogen-bond acceptors (Lipinski definition) is 5. The summed E-state index contributed by atoms with van der Waals surface area (Å²) < 4.78 is 22.7. The molecule has 0 unspecified atom stereocenters. The van der Waals surface area contributed by atoms with E-state index in [2.05, 4.69) is 5.16 Å². The smallest absolute Gasteiger partial charge is 0.236 e. The zero-order valence-corrected chi connectivity index (χ0v) is 12.1. The molecule has 0 atom stereocenters. The third kappa shape index (κ3) is 2.99. The summed E-state index contributed by atoms with van der Waals surface area (Å²) in [7, 11) is -3.04. The van der Waals surface area contributed by atoms with Gasteiger partial charge in [-0.3, -0.25) is 4.79 Å². The Balaban J connectivity index is 2.97. The highest BCUT2D eigenvalue weighted by atomic mass is 32.2. The van der Waals surface area contributed by atoms with Gasteiger partial charge in [0.05, 0.1) is 11.5 Å². The van der Waals surface area contributed by atoms with Crippen molar-refractivity contribution in [2.24, 2.45) is 16.3 Å². The van der Waals surface area contributed by atoms with E-state index in [4.69, 9.17) is 10.9 Å². The van der Waals surface area contributed by atoms with Crippen LogP contribution in [0.1, 0.15) is 26.7 Å². The van der Waals surface area contributed by atoms with Gasteiger partial charge in [0.2, 0.25) is 5.91 Å². The van der Waals surface area contributed by atoms with Gasteiger partial charge < -0.3 is 15.8 Å². The minimum Gasteiger partial charge on any atom is -0.409 e. The Labute approximate surface area is 113 Å². The Bertz CT molecular complexity index is 454. The summed E-state index contributed by atoms with van der Waals surface area (Å²) in [5.74, 6) is -0.435. The van der Waals surface area contributed by atoms with Gasteiger partial charge in [-0.2, -0.15) is 0 Å². The fourth-order valence-corrected chi connectivity index (χ4v) is 3.54. The molecule has 3 N–H and O–H groups in total. The Morgan fingerprint density at radius 1 is 1.32 bits per heavy atom. The lowest BCUT2D eigenvalue weighted by atomic mass is 9.79. The van der Waals surface area contributed by atoms with Gasteiger partial charge in [0.1, 0.15) is 5.41 Å². The number of carbonyl (C=O) groups is 1. The molecule has 1 amide bonds. The average Bonchev–Trinajstić information content (AvgIpc) is 2.40. The molecule has 8 heteroatoms. The van der Waals surface area contributed by atoms with E-state index in [1.54, 1.807) is 13.8 Å². The van der Waals surface area contributed by atoms with Crippen molar-refractivity contribution in [1.29, 1.82) is 0 Å². The van der Waals surface area contributed by atoms with Gasteiger partial charge in [-0.15, -0.1) is 0 Å². The number of nitrogens with two attached hydrogens (primary N) is 1. The van der Waals surface area contributed by atoms with Crippen molar-refractivity contribution in [2.45, 2.75) is 26.7 Å². The quantitative estimate of drug-likeness (QED) is 0.322. The average molecular weight is 291 g/mol. The number of sulfone groups is 1. The summed E-state index contributed by atoms with van der Waals surface area (Å²) in [6, 6.07) is 0. The molecule has 0 bridgehead atoms. The number of hydrogen-bond donors (Lipinski definition) is 2. The maximum absolute atomic E-state index is 12.6. The Kier molecular flexibility index (Phi) is 4.78. The molecular formula is C11H21N3O4S. The molecule has 19 heavy (non-hydrogen) atoms. The highest BCUT2D eigenvalue weighted by Crippen LogP contribution is 2.30. The van der Waals surface area contributed by atoms with Crippen LogP contribution in [-0.2, 0) is 14.6 Å². The van der Waals surface area contributed by atoms with Crippen molar-refractivity contribution in [2.75, 3.05) is 24.6 Å². The molecular weight excluding hydrogens is 270 g/mol. The van der Waals surface area contributed by atoms with E-state index in [-0.39, 0.29) is 36.3 Å². The van der Waals surface area contributed by atoms with Crippen molar-refractivity contribution in [1.82, 2.24) is 4.90 Å². The van der Waals surface area contributed by atoms with Crippen LogP contribution >= 0.6 is 0 Å². The minimum atomic E-state index is -3.04. The Morgan fingerprint density at radius 3 is 2.16 bits per heavy atom. The van der Waals surface area contributed by atoms with Crippen molar-refractivity contribution in [3.8, 4) is 0 Å². The van der Waals surface area contributed by atoms with Gasteiger partial charge in [-0.1, -0.05) is 19.0 Å². The van der Waals surface area contributed by atoms with Crippen LogP contribution in [0.15, 0.2) is 5.16 Å². The van der Waals surface area contributed by atoms with Crippen LogP contribution in [0.4, 0.5) is 0 Å². The van der Waals surface area contributed by atoms with E-state index in [0.29, 0.717) is 12.8 Å². The second-order valence-corrected chi connectivity index (χ2v) is 7.02. The largest absolute Gasteiger partial charge is 0.409 e. The first-order chi connectivity index (χ1) is 8.83. The van der Waals surface area contributed by atoms with E-state index < -0.39 is 15.3 Å². The standard InChI is InChI=1S/C11H21N3O4S/c1-3-11(4-2,9(12)13-16)10(15)14-5-7-19(17,18)8-6-14/h16H,3-8H2,1-2H3,(H2,12,13). The lowest BCUT2D eigenvalue weighted by molar-refractivity contribution is -0.138.